The summed E-state index contributed by atoms with van der Waals surface area (Å²) in [6.07, 6.45) is 49.6. The summed E-state index contributed by atoms with van der Waals surface area (Å²) in [5.74, 6) is -2.09. The maximum Gasteiger partial charge on any atom is 0.306 e. The average molecular weight is 993 g/mol. The van der Waals surface area contributed by atoms with Crippen LogP contribution < -0.4 is 0 Å². The zero-order valence-electron chi connectivity index (χ0n) is 42.9. The quantitative estimate of drug-likeness (QED) is 0.0196. The number of hydrogen-bond donors (Lipinski definition) is 4. The van der Waals surface area contributed by atoms with Gasteiger partial charge in [0, 0.05) is 12.8 Å². The first kappa shape index (κ1) is 64.1. The van der Waals surface area contributed by atoms with Crippen LogP contribution in [0.5, 0.6) is 0 Å². The maximum absolute atomic E-state index is 12.8. The molecule has 13 heteroatoms. The number of carbonyl (C=O) groups is 2. The topological polar surface area (TPSA) is 186 Å². The first-order valence-electron chi connectivity index (χ1n) is 27.0. The lowest BCUT2D eigenvalue weighted by atomic mass is 10.00. The maximum atomic E-state index is 12.8. The largest absolute Gasteiger partial charge is 0.462 e. The van der Waals surface area contributed by atoms with E-state index in [1.54, 1.807) is 0 Å². The number of rotatable bonds is 45. The summed E-state index contributed by atoms with van der Waals surface area (Å²) >= 11 is 0. The number of esters is 2. The van der Waals surface area contributed by atoms with Crippen LogP contribution in [0.4, 0.5) is 0 Å². The Hall–Kier alpha value is -2.91. The summed E-state index contributed by atoms with van der Waals surface area (Å²) < 4.78 is 54.2. The summed E-state index contributed by atoms with van der Waals surface area (Å²) in [6.45, 7) is 3.62. The summed E-state index contributed by atoms with van der Waals surface area (Å²) in [7, 11) is -4.62. The highest BCUT2D eigenvalue weighted by atomic mass is 32.2. The van der Waals surface area contributed by atoms with Gasteiger partial charge in [0.25, 0.3) is 10.1 Å². The number of allylic oxidation sites excluding steroid dienone is 12. The van der Waals surface area contributed by atoms with E-state index in [4.69, 9.17) is 18.9 Å². The average Bonchev–Trinajstić information content (AvgIpc) is 3.32. The lowest BCUT2D eigenvalue weighted by Gasteiger charge is -2.40. The molecule has 6 unspecified atom stereocenters. The van der Waals surface area contributed by atoms with Crippen LogP contribution in [0.1, 0.15) is 213 Å². The molecule has 0 saturated carbocycles. The van der Waals surface area contributed by atoms with Crippen LogP contribution in [-0.4, -0.2) is 96.0 Å². The second-order valence-corrected chi connectivity index (χ2v) is 20.0. The predicted molar refractivity (Wildman–Crippen MR) is 279 cm³/mol. The molecule has 6 atom stereocenters. The lowest BCUT2D eigenvalue weighted by molar-refractivity contribution is -0.297. The Kier molecular flexibility index (Phi) is 41.8. The molecular weight excluding hydrogens is 897 g/mol. The van der Waals surface area contributed by atoms with E-state index in [-0.39, 0.29) is 19.4 Å². The molecule has 0 bridgehead atoms. The van der Waals surface area contributed by atoms with E-state index >= 15 is 0 Å². The van der Waals surface area contributed by atoms with E-state index in [1.807, 2.05) is 12.2 Å². The number of aliphatic hydroxyl groups is 3. The fraction of sp³-hybridized carbons (Fsp3) is 0.750. The molecule has 12 nitrogen and oxygen atoms in total. The normalized spacial score (nSPS) is 19.7. The van der Waals surface area contributed by atoms with Crippen molar-refractivity contribution < 1.29 is 56.8 Å². The Bertz CT molecular complexity index is 1540. The predicted octanol–water partition coefficient (Wildman–Crippen LogP) is 12.6. The van der Waals surface area contributed by atoms with Crippen LogP contribution in [0.2, 0.25) is 0 Å². The van der Waals surface area contributed by atoms with Crippen molar-refractivity contribution in [1.82, 2.24) is 0 Å². The molecule has 0 spiro atoms. The standard InChI is InChI=1S/C56H96O12S/c1-3-5-7-9-11-13-15-17-19-21-23-24-25-27-28-30-32-34-36-38-40-42-44-51(57)65-46-49(47-66-56-55(61)54(60)53(59)50(68-56)48-69(62,63)64)67-52(58)45-43-41-39-37-35-33-31-29-26-22-20-18-16-14-12-10-8-6-4-2/h6,8,12,14,18,20,26,29,33,35,39,41,49-50,53-56,59-61H,3-5,7,9-11,13,15-17,19,21-25,27-28,30-32,34,36-38,40,42-48H2,1-2H3,(H,62,63,64)/b8-6-,14-12-,20-18-,29-26-,35-33-,41-39-. The van der Waals surface area contributed by atoms with Gasteiger partial charge in [0.05, 0.1) is 6.61 Å². The zero-order valence-corrected chi connectivity index (χ0v) is 43.7. The molecule has 1 aliphatic rings. The molecule has 0 aromatic heterocycles. The van der Waals surface area contributed by atoms with Gasteiger partial charge in [-0.25, -0.2) is 0 Å². The van der Waals surface area contributed by atoms with Crippen molar-refractivity contribution in [3.63, 3.8) is 0 Å². The number of aliphatic hydroxyl groups excluding tert-OH is 3. The first-order valence-corrected chi connectivity index (χ1v) is 28.6. The van der Waals surface area contributed by atoms with Gasteiger partial charge in [-0.3, -0.25) is 14.1 Å². The molecule has 0 aromatic carbocycles. The minimum atomic E-state index is -4.62. The molecule has 0 aliphatic carbocycles. The van der Waals surface area contributed by atoms with Crippen LogP contribution in [0, 0.1) is 0 Å². The van der Waals surface area contributed by atoms with Crippen molar-refractivity contribution in [1.29, 1.82) is 0 Å². The summed E-state index contributed by atoms with van der Waals surface area (Å²) in [4.78, 5) is 25.5. The van der Waals surface area contributed by atoms with Crippen LogP contribution in [-0.2, 0) is 38.7 Å². The lowest BCUT2D eigenvalue weighted by Crippen LogP contribution is -2.60. The fourth-order valence-corrected chi connectivity index (χ4v) is 8.63. The monoisotopic (exact) mass is 993 g/mol. The van der Waals surface area contributed by atoms with Crippen LogP contribution in [0.3, 0.4) is 0 Å². The van der Waals surface area contributed by atoms with Crippen molar-refractivity contribution in [2.75, 3.05) is 19.0 Å². The Morgan fingerprint density at radius 1 is 0.507 bits per heavy atom. The third-order valence-electron chi connectivity index (χ3n) is 12.1. The van der Waals surface area contributed by atoms with Gasteiger partial charge in [-0.05, 0) is 51.4 Å². The molecule has 0 aromatic rings. The molecule has 69 heavy (non-hydrogen) atoms. The molecule has 398 valence electrons. The highest BCUT2D eigenvalue weighted by Gasteiger charge is 2.46. The third-order valence-corrected chi connectivity index (χ3v) is 12.8. The Morgan fingerprint density at radius 3 is 1.33 bits per heavy atom. The Balaban J connectivity index is 2.38. The number of carbonyl (C=O) groups excluding carboxylic acids is 2. The summed E-state index contributed by atoms with van der Waals surface area (Å²) in [5, 5.41) is 31.0. The van der Waals surface area contributed by atoms with Gasteiger partial charge < -0.3 is 34.3 Å². The second kappa shape index (κ2) is 45.0. The molecule has 1 saturated heterocycles. The van der Waals surface area contributed by atoms with Gasteiger partial charge in [-0.15, -0.1) is 0 Å². The van der Waals surface area contributed by atoms with Crippen LogP contribution in [0.15, 0.2) is 72.9 Å². The van der Waals surface area contributed by atoms with E-state index in [9.17, 15) is 37.9 Å². The third kappa shape index (κ3) is 39.4. The van der Waals surface area contributed by atoms with Gasteiger partial charge in [0.2, 0.25) is 0 Å². The smallest absolute Gasteiger partial charge is 0.306 e. The molecular formula is C56H96O12S. The minimum absolute atomic E-state index is 0.0377. The van der Waals surface area contributed by atoms with Crippen molar-refractivity contribution in [2.24, 2.45) is 0 Å². The zero-order chi connectivity index (χ0) is 50.5. The van der Waals surface area contributed by atoms with Gasteiger partial charge in [0.1, 0.15) is 36.8 Å². The fourth-order valence-electron chi connectivity index (χ4n) is 7.94. The SMILES string of the molecule is CC/C=C\C/C=C\C/C=C\C/C=C\C/C=C\C/C=C\CCC(=O)OC(COC(=O)CCCCCCCCCCCCCCCCCCCCCCCC)COC1OC(CS(=O)(=O)O)C(O)C(O)C1O. The first-order chi connectivity index (χ1) is 33.5. The van der Waals surface area contributed by atoms with Crippen molar-refractivity contribution in [3.8, 4) is 0 Å². The molecule has 1 heterocycles. The van der Waals surface area contributed by atoms with Crippen molar-refractivity contribution in [2.45, 2.75) is 250 Å². The van der Waals surface area contributed by atoms with Gasteiger partial charge in [-0.1, -0.05) is 222 Å². The molecule has 0 radical (unpaired) electrons. The van der Waals surface area contributed by atoms with E-state index < -0.39 is 71.2 Å². The summed E-state index contributed by atoms with van der Waals surface area (Å²) in [5.41, 5.74) is 0. The van der Waals surface area contributed by atoms with E-state index in [0.29, 0.717) is 19.3 Å². The van der Waals surface area contributed by atoms with Gasteiger partial charge in [-0.2, -0.15) is 8.42 Å². The minimum Gasteiger partial charge on any atom is -0.462 e. The molecule has 0 amide bonds. The highest BCUT2D eigenvalue weighted by Crippen LogP contribution is 2.24. The van der Waals surface area contributed by atoms with Crippen molar-refractivity contribution in [3.05, 3.63) is 72.9 Å². The molecule has 1 rings (SSSR count). The number of ether oxygens (including phenoxy) is 4. The van der Waals surface area contributed by atoms with E-state index in [0.717, 1.165) is 51.4 Å². The molecule has 1 fully saturated rings. The van der Waals surface area contributed by atoms with Gasteiger partial charge >= 0.3 is 11.9 Å². The molecule has 1 aliphatic heterocycles. The number of unbranched alkanes of at least 4 members (excludes halogenated alkanes) is 21. The Labute approximate surface area is 418 Å². The van der Waals surface area contributed by atoms with Crippen molar-refractivity contribution >= 4 is 22.1 Å². The second-order valence-electron chi connectivity index (χ2n) is 18.5. The Morgan fingerprint density at radius 2 is 0.913 bits per heavy atom. The van der Waals surface area contributed by atoms with E-state index in [2.05, 4.69) is 74.6 Å². The van der Waals surface area contributed by atoms with Crippen LogP contribution >= 0.6 is 0 Å². The highest BCUT2D eigenvalue weighted by molar-refractivity contribution is 7.85. The number of hydrogen-bond acceptors (Lipinski definition) is 11. The van der Waals surface area contributed by atoms with E-state index in [1.165, 1.54) is 116 Å². The van der Waals surface area contributed by atoms with Crippen LogP contribution in [0.25, 0.3) is 0 Å². The molecule has 4 N–H and O–H groups in total. The van der Waals surface area contributed by atoms with Gasteiger partial charge in [0.15, 0.2) is 12.4 Å². The summed E-state index contributed by atoms with van der Waals surface area (Å²) in [6, 6.07) is 0.